The number of hydrogen-bond donors (Lipinski definition) is 1. The molecule has 1 unspecified atom stereocenters. The van der Waals surface area contributed by atoms with Gasteiger partial charge >= 0.3 is 5.97 Å². The number of ether oxygens (including phenoxy) is 1. The molecular formula is C28H31FN2O3. The molecule has 1 fully saturated rings. The highest BCUT2D eigenvalue weighted by Crippen LogP contribution is 2.31. The van der Waals surface area contributed by atoms with Gasteiger partial charge in [-0.05, 0) is 41.8 Å². The molecule has 1 atom stereocenters. The second kappa shape index (κ2) is 10.8. The van der Waals surface area contributed by atoms with Gasteiger partial charge in [0.15, 0.2) is 0 Å². The summed E-state index contributed by atoms with van der Waals surface area (Å²) in [4.78, 5) is 16.5. The number of phenols is 1. The standard InChI is InChI=1S/C28H31FN2O3/c1-20(28(33)34-2)22-8-10-25(26(29)17-22)23-9-11-27(32)24(16-23)19-31-14-12-30(13-15-31)18-21-6-4-3-5-7-21/h3-11,16-17,20,32H,12-15,18-19H2,1-2H3. The Morgan fingerprint density at radius 3 is 2.29 bits per heavy atom. The third-order valence-corrected chi connectivity index (χ3v) is 6.55. The van der Waals surface area contributed by atoms with Crippen molar-refractivity contribution in [3.05, 3.63) is 89.2 Å². The molecule has 1 aliphatic rings. The van der Waals surface area contributed by atoms with Crippen molar-refractivity contribution < 1.29 is 19.0 Å². The first-order valence-corrected chi connectivity index (χ1v) is 11.6. The monoisotopic (exact) mass is 462 g/mol. The fourth-order valence-corrected chi connectivity index (χ4v) is 4.42. The molecule has 1 heterocycles. The molecule has 1 saturated heterocycles. The number of nitrogens with zero attached hydrogens (tertiary/aromatic N) is 2. The lowest BCUT2D eigenvalue weighted by Gasteiger charge is -2.34. The van der Waals surface area contributed by atoms with Crippen molar-refractivity contribution in [2.24, 2.45) is 0 Å². The van der Waals surface area contributed by atoms with Crippen molar-refractivity contribution in [3.63, 3.8) is 0 Å². The van der Waals surface area contributed by atoms with E-state index in [9.17, 15) is 14.3 Å². The van der Waals surface area contributed by atoms with Gasteiger partial charge in [-0.25, -0.2) is 4.39 Å². The van der Waals surface area contributed by atoms with Gasteiger partial charge in [0.25, 0.3) is 0 Å². The van der Waals surface area contributed by atoms with Gasteiger partial charge < -0.3 is 9.84 Å². The maximum Gasteiger partial charge on any atom is 0.312 e. The van der Waals surface area contributed by atoms with E-state index < -0.39 is 17.7 Å². The van der Waals surface area contributed by atoms with Gasteiger partial charge in [0.2, 0.25) is 0 Å². The molecular weight excluding hydrogens is 431 g/mol. The first kappa shape index (κ1) is 23.9. The van der Waals surface area contributed by atoms with E-state index in [1.165, 1.54) is 18.7 Å². The fraction of sp³-hybridized carbons (Fsp3) is 0.321. The van der Waals surface area contributed by atoms with Crippen LogP contribution in [-0.2, 0) is 22.6 Å². The highest BCUT2D eigenvalue weighted by atomic mass is 19.1. The zero-order valence-electron chi connectivity index (χ0n) is 19.7. The molecule has 0 amide bonds. The number of carbonyl (C=O) groups excluding carboxylic acids is 1. The lowest BCUT2D eigenvalue weighted by atomic mass is 9.96. The molecule has 0 spiro atoms. The van der Waals surface area contributed by atoms with Crippen LogP contribution in [0.25, 0.3) is 11.1 Å². The second-order valence-electron chi connectivity index (χ2n) is 8.87. The molecule has 4 rings (SSSR count). The zero-order valence-corrected chi connectivity index (χ0v) is 19.7. The molecule has 5 nitrogen and oxygen atoms in total. The van der Waals surface area contributed by atoms with Crippen LogP contribution in [0.3, 0.4) is 0 Å². The van der Waals surface area contributed by atoms with Gasteiger partial charge in [-0.15, -0.1) is 0 Å². The Morgan fingerprint density at radius 2 is 1.65 bits per heavy atom. The SMILES string of the molecule is COC(=O)C(C)c1ccc(-c2ccc(O)c(CN3CCN(Cc4ccccc4)CC3)c2)c(F)c1. The minimum atomic E-state index is -0.538. The van der Waals surface area contributed by atoms with Gasteiger partial charge in [-0.3, -0.25) is 14.6 Å². The number of piperazine rings is 1. The number of rotatable bonds is 7. The average Bonchev–Trinajstić information content (AvgIpc) is 2.86. The smallest absolute Gasteiger partial charge is 0.312 e. The number of esters is 1. The number of halogens is 1. The van der Waals surface area contributed by atoms with E-state index in [0.29, 0.717) is 23.2 Å². The molecule has 3 aromatic rings. The number of benzene rings is 3. The summed E-state index contributed by atoms with van der Waals surface area (Å²) in [5, 5.41) is 10.5. The van der Waals surface area contributed by atoms with E-state index in [1.807, 2.05) is 12.1 Å². The lowest BCUT2D eigenvalue weighted by Crippen LogP contribution is -2.45. The zero-order chi connectivity index (χ0) is 24.1. The van der Waals surface area contributed by atoms with Crippen LogP contribution >= 0.6 is 0 Å². The minimum Gasteiger partial charge on any atom is -0.508 e. The second-order valence-corrected chi connectivity index (χ2v) is 8.87. The van der Waals surface area contributed by atoms with E-state index in [-0.39, 0.29) is 5.75 Å². The van der Waals surface area contributed by atoms with Crippen molar-refractivity contribution in [2.45, 2.75) is 25.9 Å². The third kappa shape index (κ3) is 5.64. The quantitative estimate of drug-likeness (QED) is 0.512. The number of methoxy groups -OCH3 is 1. The van der Waals surface area contributed by atoms with Crippen molar-refractivity contribution in [3.8, 4) is 16.9 Å². The Hall–Kier alpha value is -3.22. The highest BCUT2D eigenvalue weighted by molar-refractivity contribution is 5.78. The first-order chi connectivity index (χ1) is 16.4. The Balaban J connectivity index is 1.42. The first-order valence-electron chi connectivity index (χ1n) is 11.6. The topological polar surface area (TPSA) is 53.0 Å². The largest absolute Gasteiger partial charge is 0.508 e. The summed E-state index contributed by atoms with van der Waals surface area (Å²) in [7, 11) is 1.32. The molecule has 34 heavy (non-hydrogen) atoms. The van der Waals surface area contributed by atoms with Crippen molar-refractivity contribution in [2.75, 3.05) is 33.3 Å². The van der Waals surface area contributed by atoms with Gasteiger partial charge in [0.1, 0.15) is 11.6 Å². The van der Waals surface area contributed by atoms with E-state index in [2.05, 4.69) is 34.1 Å². The number of hydrogen-bond acceptors (Lipinski definition) is 5. The van der Waals surface area contributed by atoms with Gasteiger partial charge in [0, 0.05) is 50.4 Å². The van der Waals surface area contributed by atoms with Crippen LogP contribution in [-0.4, -0.2) is 54.2 Å². The fourth-order valence-electron chi connectivity index (χ4n) is 4.42. The van der Waals surface area contributed by atoms with E-state index >= 15 is 0 Å². The minimum absolute atomic E-state index is 0.215. The van der Waals surface area contributed by atoms with Crippen molar-refractivity contribution in [1.82, 2.24) is 9.80 Å². The Bertz CT molecular complexity index is 1130. The van der Waals surface area contributed by atoms with Crippen molar-refractivity contribution in [1.29, 1.82) is 0 Å². The predicted molar refractivity (Wildman–Crippen MR) is 131 cm³/mol. The van der Waals surface area contributed by atoms with Crippen LogP contribution < -0.4 is 0 Å². The number of carbonyl (C=O) groups is 1. The Morgan fingerprint density at radius 1 is 0.971 bits per heavy atom. The molecule has 0 bridgehead atoms. The van der Waals surface area contributed by atoms with Gasteiger partial charge in [-0.1, -0.05) is 48.5 Å². The van der Waals surface area contributed by atoms with Crippen LogP contribution in [0.1, 0.15) is 29.5 Å². The molecule has 0 aromatic heterocycles. The van der Waals surface area contributed by atoms with Crippen LogP contribution in [0, 0.1) is 5.82 Å². The van der Waals surface area contributed by atoms with Crippen LogP contribution in [0.2, 0.25) is 0 Å². The number of aromatic hydroxyl groups is 1. The Labute approximate surface area is 200 Å². The van der Waals surface area contributed by atoms with E-state index in [4.69, 9.17) is 4.74 Å². The summed E-state index contributed by atoms with van der Waals surface area (Å²) in [6.45, 7) is 6.99. The highest BCUT2D eigenvalue weighted by Gasteiger charge is 2.20. The maximum atomic E-state index is 14.9. The molecule has 1 N–H and O–H groups in total. The maximum absolute atomic E-state index is 14.9. The van der Waals surface area contributed by atoms with E-state index in [0.717, 1.165) is 38.3 Å². The molecule has 0 saturated carbocycles. The molecule has 0 radical (unpaired) electrons. The lowest BCUT2D eigenvalue weighted by molar-refractivity contribution is -0.141. The van der Waals surface area contributed by atoms with Gasteiger partial charge in [-0.2, -0.15) is 0 Å². The average molecular weight is 463 g/mol. The third-order valence-electron chi connectivity index (χ3n) is 6.55. The molecule has 1 aliphatic heterocycles. The molecule has 6 heteroatoms. The summed E-state index contributed by atoms with van der Waals surface area (Å²) in [5.74, 6) is -1.13. The number of phenolic OH excluding ortho intramolecular Hbond substituents is 1. The van der Waals surface area contributed by atoms with E-state index in [1.54, 1.807) is 31.2 Å². The summed E-state index contributed by atoms with van der Waals surface area (Å²) in [5.41, 5.74) is 3.80. The van der Waals surface area contributed by atoms with Crippen LogP contribution in [0.15, 0.2) is 66.7 Å². The normalized spacial score (nSPS) is 15.7. The predicted octanol–water partition coefficient (Wildman–Crippen LogP) is 4.79. The van der Waals surface area contributed by atoms with Crippen LogP contribution in [0.5, 0.6) is 5.75 Å². The van der Waals surface area contributed by atoms with Gasteiger partial charge in [0.05, 0.1) is 13.0 Å². The van der Waals surface area contributed by atoms with Crippen LogP contribution in [0.4, 0.5) is 4.39 Å². The Kier molecular flexibility index (Phi) is 7.60. The molecule has 178 valence electrons. The molecule has 0 aliphatic carbocycles. The molecule has 3 aromatic carbocycles. The summed E-state index contributed by atoms with van der Waals surface area (Å²) >= 11 is 0. The van der Waals surface area contributed by atoms with Crippen molar-refractivity contribution >= 4 is 5.97 Å². The summed E-state index contributed by atoms with van der Waals surface area (Å²) in [6.07, 6.45) is 0. The summed E-state index contributed by atoms with van der Waals surface area (Å²) in [6, 6.07) is 20.5. The summed E-state index contributed by atoms with van der Waals surface area (Å²) < 4.78 is 19.7.